The van der Waals surface area contributed by atoms with Crippen molar-refractivity contribution in [2.24, 2.45) is 23.7 Å². The second-order valence-electron chi connectivity index (χ2n) is 6.63. The molecule has 104 valence electrons. The molecule has 0 aliphatic rings. The fourth-order valence-corrected chi connectivity index (χ4v) is 2.39. The molecule has 2 nitrogen and oxygen atoms in total. The monoisotopic (exact) mass is 244 g/mol. The number of hydrogen-bond donors (Lipinski definition) is 1. The summed E-state index contributed by atoms with van der Waals surface area (Å²) in [4.78, 5) is 4.76. The van der Waals surface area contributed by atoms with Crippen LogP contribution in [-0.2, 0) is 4.89 Å². The first-order valence-corrected chi connectivity index (χ1v) is 7.17. The smallest absolute Gasteiger partial charge is 0.0957 e. The molecule has 1 N–H and O–H groups in total. The van der Waals surface area contributed by atoms with Gasteiger partial charge in [0.05, 0.1) is 6.10 Å². The lowest BCUT2D eigenvalue weighted by molar-refractivity contribution is -0.294. The molecule has 2 heteroatoms. The summed E-state index contributed by atoms with van der Waals surface area (Å²) in [5.41, 5.74) is 0. The first kappa shape index (κ1) is 16.9. The van der Waals surface area contributed by atoms with E-state index >= 15 is 0 Å². The van der Waals surface area contributed by atoms with Crippen LogP contribution in [0.25, 0.3) is 0 Å². The summed E-state index contributed by atoms with van der Waals surface area (Å²) in [6, 6.07) is 0. The van der Waals surface area contributed by atoms with Crippen LogP contribution in [0.1, 0.15) is 67.2 Å². The molecular weight excluding hydrogens is 212 g/mol. The van der Waals surface area contributed by atoms with Gasteiger partial charge >= 0.3 is 0 Å². The third kappa shape index (κ3) is 8.62. The molecule has 0 rings (SSSR count). The number of rotatable bonds is 9. The third-order valence-corrected chi connectivity index (χ3v) is 3.25. The molecule has 0 amide bonds. The molecule has 0 fully saturated rings. The van der Waals surface area contributed by atoms with Gasteiger partial charge in [-0.1, -0.05) is 48.0 Å². The second kappa shape index (κ2) is 8.93. The second-order valence-corrected chi connectivity index (χ2v) is 6.63. The molecule has 0 aliphatic carbocycles. The summed E-state index contributed by atoms with van der Waals surface area (Å²) in [6.45, 7) is 13.4. The van der Waals surface area contributed by atoms with Crippen LogP contribution >= 0.6 is 0 Å². The van der Waals surface area contributed by atoms with E-state index in [0.29, 0.717) is 17.8 Å². The van der Waals surface area contributed by atoms with Crippen LogP contribution in [-0.4, -0.2) is 11.4 Å². The fourth-order valence-electron chi connectivity index (χ4n) is 2.39. The summed E-state index contributed by atoms with van der Waals surface area (Å²) >= 11 is 0. The van der Waals surface area contributed by atoms with E-state index in [4.69, 9.17) is 10.1 Å². The highest BCUT2D eigenvalue weighted by Crippen LogP contribution is 2.28. The zero-order chi connectivity index (χ0) is 13.4. The van der Waals surface area contributed by atoms with Gasteiger partial charge in [0.1, 0.15) is 0 Å². The van der Waals surface area contributed by atoms with E-state index in [1.807, 2.05) is 0 Å². The Hall–Kier alpha value is -0.0800. The zero-order valence-electron chi connectivity index (χ0n) is 12.6. The molecule has 0 aromatic carbocycles. The summed E-state index contributed by atoms with van der Waals surface area (Å²) in [5.74, 6) is 2.45. The van der Waals surface area contributed by atoms with Gasteiger partial charge in [-0.3, -0.25) is 5.26 Å². The quantitative estimate of drug-likeness (QED) is 0.457. The van der Waals surface area contributed by atoms with Crippen molar-refractivity contribution in [3.8, 4) is 0 Å². The van der Waals surface area contributed by atoms with E-state index < -0.39 is 0 Å². The van der Waals surface area contributed by atoms with E-state index in [1.165, 1.54) is 6.42 Å². The average molecular weight is 244 g/mol. The Morgan fingerprint density at radius 2 is 1.29 bits per heavy atom. The Morgan fingerprint density at radius 1 is 0.765 bits per heavy atom. The Kier molecular flexibility index (Phi) is 8.89. The maximum atomic E-state index is 9.12. The Morgan fingerprint density at radius 3 is 1.65 bits per heavy atom. The fraction of sp³-hybridized carbons (Fsp3) is 1.00. The summed E-state index contributed by atoms with van der Waals surface area (Å²) in [5, 5.41) is 9.12. The van der Waals surface area contributed by atoms with Crippen molar-refractivity contribution in [1.29, 1.82) is 0 Å². The lowest BCUT2D eigenvalue weighted by Crippen LogP contribution is -2.26. The minimum absolute atomic E-state index is 0.0103. The molecule has 0 heterocycles. The molecule has 2 atom stereocenters. The van der Waals surface area contributed by atoms with Crippen molar-refractivity contribution < 1.29 is 10.1 Å². The molecule has 0 spiro atoms. The van der Waals surface area contributed by atoms with Gasteiger partial charge < -0.3 is 0 Å². The van der Waals surface area contributed by atoms with Crippen molar-refractivity contribution in [3.63, 3.8) is 0 Å². The van der Waals surface area contributed by atoms with Crippen LogP contribution < -0.4 is 0 Å². The largest absolute Gasteiger partial charge is 0.252 e. The molecule has 0 saturated heterocycles. The third-order valence-electron chi connectivity index (χ3n) is 3.25. The highest BCUT2D eigenvalue weighted by atomic mass is 17.1. The van der Waals surface area contributed by atoms with Gasteiger partial charge in [0.2, 0.25) is 0 Å². The summed E-state index contributed by atoms with van der Waals surface area (Å²) in [7, 11) is 0. The van der Waals surface area contributed by atoms with Crippen LogP contribution in [0.3, 0.4) is 0 Å². The normalized spacial score (nSPS) is 15.9. The standard InChI is InChI=1S/C15H32O2/c1-11(2)7-8-14(9-12(3)4)15(17-16)10-13(5)6/h11-16H,7-10H2,1-6H3. The molecule has 0 radical (unpaired) electrons. The van der Waals surface area contributed by atoms with Crippen molar-refractivity contribution in [3.05, 3.63) is 0 Å². The van der Waals surface area contributed by atoms with Crippen molar-refractivity contribution in [1.82, 2.24) is 0 Å². The zero-order valence-corrected chi connectivity index (χ0v) is 12.6. The van der Waals surface area contributed by atoms with Gasteiger partial charge in [-0.25, -0.2) is 4.89 Å². The van der Waals surface area contributed by atoms with Crippen LogP contribution in [0.5, 0.6) is 0 Å². The van der Waals surface area contributed by atoms with E-state index in [2.05, 4.69) is 41.5 Å². The van der Waals surface area contributed by atoms with E-state index in [1.54, 1.807) is 0 Å². The molecule has 0 aromatic heterocycles. The minimum atomic E-state index is 0.0103. The van der Waals surface area contributed by atoms with Gasteiger partial charge in [0.15, 0.2) is 0 Å². The maximum Gasteiger partial charge on any atom is 0.0957 e. The average Bonchev–Trinajstić information content (AvgIpc) is 2.20. The van der Waals surface area contributed by atoms with Crippen LogP contribution in [0.2, 0.25) is 0 Å². The molecule has 0 bridgehead atoms. The lowest BCUT2D eigenvalue weighted by Gasteiger charge is -2.28. The van der Waals surface area contributed by atoms with E-state index in [0.717, 1.165) is 25.2 Å². The predicted octanol–water partition coefficient (Wildman–Crippen LogP) is 4.99. The first-order valence-electron chi connectivity index (χ1n) is 7.17. The van der Waals surface area contributed by atoms with Crippen molar-refractivity contribution in [2.75, 3.05) is 0 Å². The molecule has 0 aromatic rings. The Bertz CT molecular complexity index is 176. The number of hydrogen-bond acceptors (Lipinski definition) is 2. The molecule has 2 unspecified atom stereocenters. The van der Waals surface area contributed by atoms with Gasteiger partial charge in [-0.2, -0.15) is 0 Å². The molecule has 0 aliphatic heterocycles. The highest BCUT2D eigenvalue weighted by Gasteiger charge is 2.24. The van der Waals surface area contributed by atoms with Crippen LogP contribution in [0, 0.1) is 23.7 Å². The minimum Gasteiger partial charge on any atom is -0.252 e. The first-order chi connectivity index (χ1) is 7.86. The topological polar surface area (TPSA) is 29.5 Å². The molecule has 0 saturated carbocycles. The predicted molar refractivity (Wildman–Crippen MR) is 74.0 cm³/mol. The van der Waals surface area contributed by atoms with Gasteiger partial charge in [-0.15, -0.1) is 0 Å². The van der Waals surface area contributed by atoms with E-state index in [-0.39, 0.29) is 6.10 Å². The van der Waals surface area contributed by atoms with Crippen LogP contribution in [0.4, 0.5) is 0 Å². The SMILES string of the molecule is CC(C)CCC(CC(C)C)C(CC(C)C)OO. The Labute approximate surface area is 108 Å². The van der Waals surface area contributed by atoms with Gasteiger partial charge in [0.25, 0.3) is 0 Å². The van der Waals surface area contributed by atoms with Gasteiger partial charge in [-0.05, 0) is 42.9 Å². The molecule has 17 heavy (non-hydrogen) atoms. The highest BCUT2D eigenvalue weighted by molar-refractivity contribution is 4.73. The summed E-state index contributed by atoms with van der Waals surface area (Å²) in [6.07, 6.45) is 4.48. The van der Waals surface area contributed by atoms with Gasteiger partial charge in [0, 0.05) is 0 Å². The van der Waals surface area contributed by atoms with Crippen molar-refractivity contribution in [2.45, 2.75) is 73.3 Å². The van der Waals surface area contributed by atoms with Crippen molar-refractivity contribution >= 4 is 0 Å². The Balaban J connectivity index is 4.38. The summed E-state index contributed by atoms with van der Waals surface area (Å²) < 4.78 is 0. The lowest BCUT2D eigenvalue weighted by atomic mass is 9.83. The van der Waals surface area contributed by atoms with E-state index in [9.17, 15) is 0 Å². The molecular formula is C15H32O2. The maximum absolute atomic E-state index is 9.12. The van der Waals surface area contributed by atoms with Crippen LogP contribution in [0.15, 0.2) is 0 Å².